The number of rotatable bonds is 3. The Kier molecular flexibility index (Phi) is 3.33. The third-order valence-electron chi connectivity index (χ3n) is 2.76. The van der Waals surface area contributed by atoms with Gasteiger partial charge in [0, 0.05) is 0 Å². The van der Waals surface area contributed by atoms with Crippen molar-refractivity contribution in [2.75, 3.05) is 13.2 Å². The Labute approximate surface area is 115 Å². The van der Waals surface area contributed by atoms with Crippen LogP contribution >= 0.6 is 11.3 Å². The van der Waals surface area contributed by atoms with Crippen LogP contribution in [0.2, 0.25) is 0 Å². The minimum atomic E-state index is 0.0184. The Morgan fingerprint density at radius 1 is 1.16 bits per heavy atom. The highest BCUT2D eigenvalue weighted by atomic mass is 32.1. The molecule has 1 aromatic heterocycles. The van der Waals surface area contributed by atoms with E-state index in [1.807, 2.05) is 35.7 Å². The highest BCUT2D eigenvalue weighted by Crippen LogP contribution is 2.31. The number of allylic oxidation sites excluding steroid dienone is 1. The van der Waals surface area contributed by atoms with Gasteiger partial charge in [0.1, 0.15) is 13.2 Å². The Bertz CT molecular complexity index is 614. The van der Waals surface area contributed by atoms with E-state index in [9.17, 15) is 4.79 Å². The average Bonchev–Trinajstić information content (AvgIpc) is 2.99. The molecule has 0 saturated heterocycles. The number of carbonyl (C=O) groups excluding carboxylic acids is 1. The predicted octanol–water partition coefficient (Wildman–Crippen LogP) is 3.42. The maximum absolute atomic E-state index is 11.8. The van der Waals surface area contributed by atoms with Crippen molar-refractivity contribution in [1.82, 2.24) is 0 Å². The molecule has 19 heavy (non-hydrogen) atoms. The molecule has 0 atom stereocenters. The van der Waals surface area contributed by atoms with Crippen LogP contribution in [0.3, 0.4) is 0 Å². The van der Waals surface area contributed by atoms with E-state index < -0.39 is 0 Å². The summed E-state index contributed by atoms with van der Waals surface area (Å²) in [7, 11) is 0. The van der Waals surface area contributed by atoms with Gasteiger partial charge >= 0.3 is 0 Å². The SMILES string of the molecule is O=C(C=Cc1ccc2c(c1)OCCO2)c1cccs1. The van der Waals surface area contributed by atoms with Gasteiger partial charge in [0.05, 0.1) is 4.88 Å². The molecule has 2 heterocycles. The highest BCUT2D eigenvalue weighted by Gasteiger charge is 2.10. The van der Waals surface area contributed by atoms with E-state index in [1.165, 1.54) is 11.3 Å². The Morgan fingerprint density at radius 3 is 2.79 bits per heavy atom. The summed E-state index contributed by atoms with van der Waals surface area (Å²) in [4.78, 5) is 12.6. The summed E-state index contributed by atoms with van der Waals surface area (Å²) in [5.41, 5.74) is 0.925. The smallest absolute Gasteiger partial charge is 0.195 e. The van der Waals surface area contributed by atoms with E-state index in [4.69, 9.17) is 9.47 Å². The molecule has 0 aliphatic carbocycles. The van der Waals surface area contributed by atoms with E-state index in [-0.39, 0.29) is 5.78 Å². The lowest BCUT2D eigenvalue weighted by Crippen LogP contribution is -2.15. The van der Waals surface area contributed by atoms with Crippen LogP contribution in [0.1, 0.15) is 15.2 Å². The number of hydrogen-bond acceptors (Lipinski definition) is 4. The van der Waals surface area contributed by atoms with E-state index >= 15 is 0 Å². The molecule has 0 amide bonds. The monoisotopic (exact) mass is 272 g/mol. The van der Waals surface area contributed by atoms with Crippen LogP contribution in [-0.2, 0) is 0 Å². The molecule has 3 rings (SSSR count). The Balaban J connectivity index is 1.78. The lowest BCUT2D eigenvalue weighted by atomic mass is 10.1. The molecule has 2 aromatic rings. The minimum absolute atomic E-state index is 0.0184. The molecule has 4 heteroatoms. The van der Waals surface area contributed by atoms with Crippen molar-refractivity contribution in [2.45, 2.75) is 0 Å². The summed E-state index contributed by atoms with van der Waals surface area (Å²) in [6.45, 7) is 1.15. The second-order valence-electron chi connectivity index (χ2n) is 4.08. The van der Waals surface area contributed by atoms with Crippen molar-refractivity contribution >= 4 is 23.2 Å². The minimum Gasteiger partial charge on any atom is -0.486 e. The van der Waals surface area contributed by atoms with Crippen LogP contribution in [-0.4, -0.2) is 19.0 Å². The van der Waals surface area contributed by atoms with E-state index in [1.54, 1.807) is 12.2 Å². The normalized spacial score (nSPS) is 13.7. The fourth-order valence-electron chi connectivity index (χ4n) is 1.84. The van der Waals surface area contributed by atoms with Gasteiger partial charge in [-0.25, -0.2) is 0 Å². The molecule has 0 unspecified atom stereocenters. The Hall–Kier alpha value is -2.07. The van der Waals surface area contributed by atoms with Crippen molar-refractivity contribution in [3.8, 4) is 11.5 Å². The van der Waals surface area contributed by atoms with Crippen LogP contribution in [0.4, 0.5) is 0 Å². The fourth-order valence-corrected chi connectivity index (χ4v) is 2.48. The van der Waals surface area contributed by atoms with Crippen molar-refractivity contribution in [1.29, 1.82) is 0 Å². The largest absolute Gasteiger partial charge is 0.486 e. The maximum atomic E-state index is 11.8. The summed E-state index contributed by atoms with van der Waals surface area (Å²) in [5, 5.41) is 1.89. The number of benzene rings is 1. The number of ketones is 1. The number of fused-ring (bicyclic) bond motifs is 1. The first-order valence-corrected chi connectivity index (χ1v) is 6.86. The molecule has 0 N–H and O–H groups in total. The van der Waals surface area contributed by atoms with Crippen molar-refractivity contribution in [3.05, 3.63) is 52.2 Å². The van der Waals surface area contributed by atoms with E-state index in [0.717, 1.165) is 21.9 Å². The molecule has 1 aliphatic rings. The van der Waals surface area contributed by atoms with Gasteiger partial charge < -0.3 is 9.47 Å². The quantitative estimate of drug-likeness (QED) is 0.634. The third kappa shape index (κ3) is 2.69. The molecule has 0 spiro atoms. The lowest BCUT2D eigenvalue weighted by molar-refractivity contribution is 0.105. The predicted molar refractivity (Wildman–Crippen MR) is 75.1 cm³/mol. The Morgan fingerprint density at radius 2 is 2.00 bits per heavy atom. The van der Waals surface area contributed by atoms with Crippen LogP contribution in [0.5, 0.6) is 11.5 Å². The lowest BCUT2D eigenvalue weighted by Gasteiger charge is -2.18. The first-order chi connectivity index (χ1) is 9.33. The highest BCUT2D eigenvalue weighted by molar-refractivity contribution is 7.12. The maximum Gasteiger partial charge on any atom is 0.195 e. The molecule has 96 valence electrons. The molecular formula is C15H12O3S. The van der Waals surface area contributed by atoms with E-state index in [2.05, 4.69) is 0 Å². The van der Waals surface area contributed by atoms with Gasteiger partial charge in [0.15, 0.2) is 17.3 Å². The van der Waals surface area contributed by atoms with Gasteiger partial charge in [0.2, 0.25) is 0 Å². The summed E-state index contributed by atoms with van der Waals surface area (Å²) >= 11 is 1.44. The van der Waals surface area contributed by atoms with Crippen molar-refractivity contribution in [3.63, 3.8) is 0 Å². The standard InChI is InChI=1S/C15H12O3S/c16-12(15-2-1-9-19-15)5-3-11-4-6-13-14(10-11)18-8-7-17-13/h1-6,9-10H,7-8H2. The van der Waals surface area contributed by atoms with Crippen LogP contribution in [0, 0.1) is 0 Å². The van der Waals surface area contributed by atoms with Crippen LogP contribution in [0.15, 0.2) is 41.8 Å². The molecular weight excluding hydrogens is 260 g/mol. The average molecular weight is 272 g/mol. The zero-order chi connectivity index (χ0) is 13.1. The van der Waals surface area contributed by atoms with Gasteiger partial charge in [-0.2, -0.15) is 0 Å². The number of carbonyl (C=O) groups is 1. The fraction of sp³-hybridized carbons (Fsp3) is 0.133. The molecule has 0 fully saturated rings. The summed E-state index contributed by atoms with van der Waals surface area (Å²) in [6, 6.07) is 9.35. The molecule has 0 saturated carbocycles. The van der Waals surface area contributed by atoms with Crippen LogP contribution < -0.4 is 9.47 Å². The zero-order valence-electron chi connectivity index (χ0n) is 10.2. The van der Waals surface area contributed by atoms with E-state index in [0.29, 0.717) is 13.2 Å². The molecule has 0 radical (unpaired) electrons. The molecule has 1 aliphatic heterocycles. The van der Waals surface area contributed by atoms with Gasteiger partial charge in [0.25, 0.3) is 0 Å². The topological polar surface area (TPSA) is 35.5 Å². The number of hydrogen-bond donors (Lipinski definition) is 0. The molecule has 1 aromatic carbocycles. The van der Waals surface area contributed by atoms with Gasteiger partial charge in [-0.3, -0.25) is 4.79 Å². The molecule has 0 bridgehead atoms. The summed E-state index contributed by atoms with van der Waals surface area (Å²) < 4.78 is 10.9. The third-order valence-corrected chi connectivity index (χ3v) is 3.64. The summed E-state index contributed by atoms with van der Waals surface area (Å²) in [5.74, 6) is 1.51. The first-order valence-electron chi connectivity index (χ1n) is 5.98. The van der Waals surface area contributed by atoms with Crippen molar-refractivity contribution < 1.29 is 14.3 Å². The zero-order valence-corrected chi connectivity index (χ0v) is 11.0. The molecule has 3 nitrogen and oxygen atoms in total. The van der Waals surface area contributed by atoms with Gasteiger partial charge in [-0.15, -0.1) is 11.3 Å². The van der Waals surface area contributed by atoms with Crippen LogP contribution in [0.25, 0.3) is 6.08 Å². The number of ether oxygens (including phenoxy) is 2. The van der Waals surface area contributed by atoms with Gasteiger partial charge in [-0.1, -0.05) is 18.2 Å². The number of thiophene rings is 1. The van der Waals surface area contributed by atoms with Crippen molar-refractivity contribution in [2.24, 2.45) is 0 Å². The van der Waals surface area contributed by atoms with Gasteiger partial charge in [-0.05, 0) is 35.2 Å². The first kappa shape index (κ1) is 12.0. The second-order valence-corrected chi connectivity index (χ2v) is 5.03. The second kappa shape index (κ2) is 5.28. The summed E-state index contributed by atoms with van der Waals surface area (Å²) in [6.07, 6.45) is 3.37.